The van der Waals surface area contributed by atoms with Crippen LogP contribution in [-0.2, 0) is 28.7 Å². The van der Waals surface area contributed by atoms with Gasteiger partial charge in [-0.05, 0) is 50.9 Å². The van der Waals surface area contributed by atoms with Crippen molar-refractivity contribution in [2.75, 3.05) is 13.7 Å². The molecule has 0 aromatic carbocycles. The van der Waals surface area contributed by atoms with Gasteiger partial charge in [0.05, 0.1) is 7.11 Å². The van der Waals surface area contributed by atoms with Crippen molar-refractivity contribution in [3.8, 4) is 0 Å². The highest BCUT2D eigenvalue weighted by atomic mass is 16.5. The number of nitrogens with one attached hydrogen (secondary N) is 3. The molecule has 0 bridgehead atoms. The van der Waals surface area contributed by atoms with E-state index in [2.05, 4.69) is 20.7 Å². The molecule has 5 N–H and O–H groups in total. The second kappa shape index (κ2) is 16.7. The van der Waals surface area contributed by atoms with Crippen molar-refractivity contribution >= 4 is 29.8 Å². The average Bonchev–Trinajstić information content (AvgIpc) is 3.07. The maximum atomic E-state index is 13.1. The molecule has 4 amide bonds. The summed E-state index contributed by atoms with van der Waals surface area (Å²) in [6.07, 6.45) is 6.76. The van der Waals surface area contributed by atoms with E-state index in [-0.39, 0.29) is 43.7 Å². The SMILES string of the molecule is COC(=O)CCCC(=O)N[C@H](C(=O)N[C@@H](CCCNC(N)=O)C(=O)OC1CCCCCC1)C(C)C. The molecular weight excluding hydrogens is 456 g/mol. The molecule has 0 radical (unpaired) electrons. The summed E-state index contributed by atoms with van der Waals surface area (Å²) in [4.78, 5) is 60.5. The molecule has 1 saturated carbocycles. The number of esters is 2. The van der Waals surface area contributed by atoms with Crippen molar-refractivity contribution in [2.24, 2.45) is 11.7 Å². The summed E-state index contributed by atoms with van der Waals surface area (Å²) >= 11 is 0. The zero-order valence-corrected chi connectivity index (χ0v) is 21.2. The van der Waals surface area contributed by atoms with Crippen molar-refractivity contribution in [3.63, 3.8) is 0 Å². The van der Waals surface area contributed by atoms with E-state index in [4.69, 9.17) is 10.5 Å². The molecule has 11 nitrogen and oxygen atoms in total. The lowest BCUT2D eigenvalue weighted by Gasteiger charge is -2.26. The fourth-order valence-corrected chi connectivity index (χ4v) is 3.91. The molecule has 0 spiro atoms. The number of primary amides is 1. The smallest absolute Gasteiger partial charge is 0.328 e. The highest BCUT2D eigenvalue weighted by molar-refractivity contribution is 5.91. The summed E-state index contributed by atoms with van der Waals surface area (Å²) < 4.78 is 10.3. The first kappa shape index (κ1) is 30.2. The molecule has 0 aromatic rings. The van der Waals surface area contributed by atoms with Gasteiger partial charge in [0.25, 0.3) is 0 Å². The second-order valence-corrected chi connectivity index (χ2v) is 9.26. The molecule has 0 heterocycles. The van der Waals surface area contributed by atoms with Crippen LogP contribution in [0.5, 0.6) is 0 Å². The quantitative estimate of drug-likeness (QED) is 0.161. The van der Waals surface area contributed by atoms with Crippen LogP contribution in [-0.4, -0.2) is 61.6 Å². The van der Waals surface area contributed by atoms with Gasteiger partial charge in [0.15, 0.2) is 0 Å². The van der Waals surface area contributed by atoms with E-state index in [1.165, 1.54) is 7.11 Å². The number of urea groups is 1. The van der Waals surface area contributed by atoms with Crippen molar-refractivity contribution < 1.29 is 33.4 Å². The number of nitrogens with two attached hydrogens (primary N) is 1. The van der Waals surface area contributed by atoms with Crippen LogP contribution in [0.4, 0.5) is 4.79 Å². The number of amides is 4. The van der Waals surface area contributed by atoms with Crippen LogP contribution in [0.25, 0.3) is 0 Å². The highest BCUT2D eigenvalue weighted by Crippen LogP contribution is 2.20. The number of ether oxygens (including phenoxy) is 2. The van der Waals surface area contributed by atoms with Crippen molar-refractivity contribution in [2.45, 2.75) is 103 Å². The largest absolute Gasteiger partial charge is 0.469 e. The Kier molecular flexibility index (Phi) is 14.4. The minimum absolute atomic E-state index is 0.0670. The first-order chi connectivity index (χ1) is 16.6. The highest BCUT2D eigenvalue weighted by Gasteiger charge is 2.30. The normalized spacial score (nSPS) is 15.9. The summed E-state index contributed by atoms with van der Waals surface area (Å²) in [5.41, 5.74) is 5.09. The molecule has 2 atom stereocenters. The predicted molar refractivity (Wildman–Crippen MR) is 129 cm³/mol. The number of hydrogen-bond acceptors (Lipinski definition) is 7. The van der Waals surface area contributed by atoms with Gasteiger partial charge in [0.2, 0.25) is 11.8 Å². The van der Waals surface area contributed by atoms with Crippen LogP contribution in [0, 0.1) is 5.92 Å². The molecule has 1 rings (SSSR count). The third kappa shape index (κ3) is 13.0. The molecule has 1 aliphatic carbocycles. The Morgan fingerprint density at radius 2 is 1.60 bits per heavy atom. The molecule has 1 fully saturated rings. The Balaban J connectivity index is 2.76. The van der Waals surface area contributed by atoms with E-state index >= 15 is 0 Å². The van der Waals surface area contributed by atoms with E-state index in [9.17, 15) is 24.0 Å². The molecule has 0 unspecified atom stereocenters. The fraction of sp³-hybridized carbons (Fsp3) is 0.792. The van der Waals surface area contributed by atoms with Gasteiger partial charge in [0, 0.05) is 19.4 Å². The standard InChI is InChI=1S/C24H42N4O7/c1-16(2)21(28-19(29)13-8-14-20(30)34-3)22(31)27-18(12-9-15-26-24(25)33)23(32)35-17-10-6-4-5-7-11-17/h16-18,21H,4-15H2,1-3H3,(H,27,31)(H,28,29)(H3,25,26,33)/t18-,21-/m0/s1. The van der Waals surface area contributed by atoms with E-state index < -0.39 is 36.0 Å². The van der Waals surface area contributed by atoms with Crippen LogP contribution in [0.2, 0.25) is 0 Å². The van der Waals surface area contributed by atoms with Gasteiger partial charge < -0.3 is 31.2 Å². The monoisotopic (exact) mass is 498 g/mol. The van der Waals surface area contributed by atoms with Crippen molar-refractivity contribution in [3.05, 3.63) is 0 Å². The number of carbonyl (C=O) groups excluding carboxylic acids is 5. The number of rotatable bonds is 14. The Morgan fingerprint density at radius 3 is 2.17 bits per heavy atom. The summed E-state index contributed by atoms with van der Waals surface area (Å²) in [6.45, 7) is 3.83. The van der Waals surface area contributed by atoms with Gasteiger partial charge in [-0.3, -0.25) is 14.4 Å². The number of methoxy groups -OCH3 is 1. The molecule has 11 heteroatoms. The molecule has 200 valence electrons. The van der Waals surface area contributed by atoms with Crippen molar-refractivity contribution in [1.82, 2.24) is 16.0 Å². The summed E-state index contributed by atoms with van der Waals surface area (Å²) in [6, 6.07) is -2.45. The Labute approximate surface area is 207 Å². The maximum absolute atomic E-state index is 13.1. The van der Waals surface area contributed by atoms with Crippen molar-refractivity contribution in [1.29, 1.82) is 0 Å². The molecule has 0 aromatic heterocycles. The van der Waals surface area contributed by atoms with Crippen LogP contribution >= 0.6 is 0 Å². The molecule has 1 aliphatic rings. The fourth-order valence-electron chi connectivity index (χ4n) is 3.91. The van der Waals surface area contributed by atoms with E-state index in [1.807, 2.05) is 0 Å². The molecular formula is C24H42N4O7. The van der Waals surface area contributed by atoms with Crippen LogP contribution < -0.4 is 21.7 Å². The topological polar surface area (TPSA) is 166 Å². The van der Waals surface area contributed by atoms with Gasteiger partial charge in [-0.2, -0.15) is 0 Å². The Hall–Kier alpha value is -2.85. The minimum Gasteiger partial charge on any atom is -0.469 e. The summed E-state index contributed by atoms with van der Waals surface area (Å²) in [5, 5.41) is 7.90. The third-order valence-electron chi connectivity index (χ3n) is 5.93. The molecule has 0 aliphatic heterocycles. The first-order valence-electron chi connectivity index (χ1n) is 12.5. The van der Waals surface area contributed by atoms with Gasteiger partial charge in [0.1, 0.15) is 18.2 Å². The minimum atomic E-state index is -0.919. The summed E-state index contributed by atoms with van der Waals surface area (Å²) in [5.74, 6) is -2.03. The number of hydrogen-bond donors (Lipinski definition) is 4. The first-order valence-corrected chi connectivity index (χ1v) is 12.5. The molecule has 0 saturated heterocycles. The second-order valence-electron chi connectivity index (χ2n) is 9.26. The lowest BCUT2D eigenvalue weighted by molar-refractivity contribution is -0.154. The van der Waals surface area contributed by atoms with Gasteiger partial charge in [-0.1, -0.05) is 26.7 Å². The Bertz CT molecular complexity index is 706. The van der Waals surface area contributed by atoms with Crippen LogP contribution in [0.15, 0.2) is 0 Å². The van der Waals surface area contributed by atoms with E-state index in [0.29, 0.717) is 12.8 Å². The summed E-state index contributed by atoms with van der Waals surface area (Å²) in [7, 11) is 1.28. The van der Waals surface area contributed by atoms with E-state index in [0.717, 1.165) is 38.5 Å². The van der Waals surface area contributed by atoms with Gasteiger partial charge in [-0.25, -0.2) is 9.59 Å². The van der Waals surface area contributed by atoms with Crippen LogP contribution in [0.3, 0.4) is 0 Å². The van der Waals surface area contributed by atoms with Crippen LogP contribution in [0.1, 0.15) is 84.5 Å². The number of carbonyl (C=O) groups is 5. The predicted octanol–water partition coefficient (Wildman–Crippen LogP) is 1.67. The lowest BCUT2D eigenvalue weighted by atomic mass is 10.0. The Morgan fingerprint density at radius 1 is 0.943 bits per heavy atom. The third-order valence-corrected chi connectivity index (χ3v) is 5.93. The zero-order valence-electron chi connectivity index (χ0n) is 21.2. The molecule has 35 heavy (non-hydrogen) atoms. The maximum Gasteiger partial charge on any atom is 0.328 e. The van der Waals surface area contributed by atoms with Gasteiger partial charge in [-0.15, -0.1) is 0 Å². The van der Waals surface area contributed by atoms with Gasteiger partial charge >= 0.3 is 18.0 Å². The zero-order chi connectivity index (χ0) is 26.2. The van der Waals surface area contributed by atoms with E-state index in [1.54, 1.807) is 13.8 Å². The average molecular weight is 499 g/mol. The lowest BCUT2D eigenvalue weighted by Crippen LogP contribution is -2.54.